The molecule has 0 saturated heterocycles. The molecule has 0 aliphatic rings. The molecule has 0 heterocycles. The fraction of sp³-hybridized carbons (Fsp3) is 0.750. The molecule has 1 heteroatoms. The van der Waals surface area contributed by atoms with Gasteiger partial charge in [-0.05, 0) is 19.8 Å². The van der Waals surface area contributed by atoms with E-state index in [2.05, 4.69) is 19.9 Å². The second-order valence-corrected chi connectivity index (χ2v) is 2.39. The SMILES string of the molecule is CCCCC(C)=CCN. The van der Waals surface area contributed by atoms with Crippen molar-refractivity contribution in [3.8, 4) is 0 Å². The first-order valence-corrected chi connectivity index (χ1v) is 3.67. The molecule has 0 atom stereocenters. The Hall–Kier alpha value is -0.300. The fourth-order valence-corrected chi connectivity index (χ4v) is 0.759. The molecule has 0 fully saturated rings. The van der Waals surface area contributed by atoms with Crippen molar-refractivity contribution in [1.82, 2.24) is 0 Å². The Kier molecular flexibility index (Phi) is 5.64. The van der Waals surface area contributed by atoms with Crippen molar-refractivity contribution in [1.29, 1.82) is 0 Å². The number of unbranched alkanes of at least 4 members (excludes halogenated alkanes) is 1. The minimum atomic E-state index is 0.690. The van der Waals surface area contributed by atoms with Gasteiger partial charge in [-0.3, -0.25) is 0 Å². The van der Waals surface area contributed by atoms with E-state index in [0.29, 0.717) is 6.54 Å². The van der Waals surface area contributed by atoms with Crippen LogP contribution < -0.4 is 5.73 Å². The minimum absolute atomic E-state index is 0.690. The molecule has 0 aliphatic carbocycles. The Morgan fingerprint density at radius 3 is 2.67 bits per heavy atom. The average Bonchev–Trinajstić information content (AvgIpc) is 1.85. The van der Waals surface area contributed by atoms with Crippen LogP contribution in [0.5, 0.6) is 0 Å². The van der Waals surface area contributed by atoms with Gasteiger partial charge in [-0.1, -0.05) is 25.0 Å². The molecule has 0 radical (unpaired) electrons. The Balaban J connectivity index is 3.25. The van der Waals surface area contributed by atoms with E-state index in [4.69, 9.17) is 5.73 Å². The van der Waals surface area contributed by atoms with Gasteiger partial charge in [0.15, 0.2) is 0 Å². The maximum Gasteiger partial charge on any atom is 0.0109 e. The van der Waals surface area contributed by atoms with E-state index in [-0.39, 0.29) is 0 Å². The maximum absolute atomic E-state index is 5.32. The monoisotopic (exact) mass is 127 g/mol. The molecular formula is C8H17N. The molecule has 0 aromatic heterocycles. The largest absolute Gasteiger partial charge is 0.327 e. The normalized spacial score (nSPS) is 12.1. The lowest BCUT2D eigenvalue weighted by Gasteiger charge is -1.96. The Morgan fingerprint density at radius 2 is 2.22 bits per heavy atom. The summed E-state index contributed by atoms with van der Waals surface area (Å²) in [5.74, 6) is 0. The van der Waals surface area contributed by atoms with Crippen LogP contribution in [0.15, 0.2) is 11.6 Å². The molecule has 0 unspecified atom stereocenters. The van der Waals surface area contributed by atoms with Crippen LogP contribution in [0, 0.1) is 0 Å². The molecule has 0 saturated carbocycles. The second-order valence-electron chi connectivity index (χ2n) is 2.39. The van der Waals surface area contributed by atoms with E-state index in [9.17, 15) is 0 Å². The van der Waals surface area contributed by atoms with Crippen molar-refractivity contribution in [2.45, 2.75) is 33.1 Å². The van der Waals surface area contributed by atoms with Gasteiger partial charge in [0.25, 0.3) is 0 Å². The van der Waals surface area contributed by atoms with E-state index >= 15 is 0 Å². The van der Waals surface area contributed by atoms with E-state index in [1.807, 2.05) is 0 Å². The summed E-state index contributed by atoms with van der Waals surface area (Å²) in [6.45, 7) is 5.04. The highest BCUT2D eigenvalue weighted by molar-refractivity contribution is 4.97. The van der Waals surface area contributed by atoms with E-state index in [1.165, 1.54) is 24.8 Å². The van der Waals surface area contributed by atoms with E-state index < -0.39 is 0 Å². The number of hydrogen-bond donors (Lipinski definition) is 1. The fourth-order valence-electron chi connectivity index (χ4n) is 0.759. The Labute approximate surface area is 57.9 Å². The van der Waals surface area contributed by atoms with Gasteiger partial charge < -0.3 is 5.73 Å². The minimum Gasteiger partial charge on any atom is -0.327 e. The molecule has 0 aliphatic heterocycles. The molecule has 0 amide bonds. The number of rotatable bonds is 4. The summed E-state index contributed by atoms with van der Waals surface area (Å²) in [5, 5.41) is 0. The first-order valence-electron chi connectivity index (χ1n) is 3.67. The van der Waals surface area contributed by atoms with Crippen LogP contribution in [0.25, 0.3) is 0 Å². The third-order valence-corrected chi connectivity index (χ3v) is 1.39. The summed E-state index contributed by atoms with van der Waals surface area (Å²) >= 11 is 0. The van der Waals surface area contributed by atoms with E-state index in [0.717, 1.165) is 0 Å². The molecule has 1 nitrogen and oxygen atoms in total. The van der Waals surface area contributed by atoms with Gasteiger partial charge >= 0.3 is 0 Å². The van der Waals surface area contributed by atoms with Crippen LogP contribution in [-0.2, 0) is 0 Å². The summed E-state index contributed by atoms with van der Waals surface area (Å²) in [6.07, 6.45) is 5.88. The highest BCUT2D eigenvalue weighted by Crippen LogP contribution is 2.04. The lowest BCUT2D eigenvalue weighted by atomic mass is 10.1. The maximum atomic E-state index is 5.32. The van der Waals surface area contributed by atoms with Crippen LogP contribution in [0.2, 0.25) is 0 Å². The smallest absolute Gasteiger partial charge is 0.0109 e. The summed E-state index contributed by atoms with van der Waals surface area (Å²) in [5.41, 5.74) is 6.75. The highest BCUT2D eigenvalue weighted by Gasteiger charge is 1.85. The average molecular weight is 127 g/mol. The van der Waals surface area contributed by atoms with Gasteiger partial charge in [0, 0.05) is 6.54 Å². The quantitative estimate of drug-likeness (QED) is 0.575. The van der Waals surface area contributed by atoms with Crippen LogP contribution >= 0.6 is 0 Å². The van der Waals surface area contributed by atoms with Crippen molar-refractivity contribution in [2.24, 2.45) is 5.73 Å². The number of hydrogen-bond acceptors (Lipinski definition) is 1. The molecule has 0 aromatic carbocycles. The summed E-state index contributed by atoms with van der Waals surface area (Å²) in [7, 11) is 0. The predicted octanol–water partition coefficient (Wildman–Crippen LogP) is 2.08. The Morgan fingerprint density at radius 1 is 1.56 bits per heavy atom. The molecule has 54 valence electrons. The zero-order valence-electron chi connectivity index (χ0n) is 6.48. The second kappa shape index (κ2) is 5.83. The van der Waals surface area contributed by atoms with Crippen LogP contribution in [0.4, 0.5) is 0 Å². The summed E-state index contributed by atoms with van der Waals surface area (Å²) in [6, 6.07) is 0. The van der Waals surface area contributed by atoms with Crippen molar-refractivity contribution < 1.29 is 0 Å². The molecule has 9 heavy (non-hydrogen) atoms. The molecule has 0 bridgehead atoms. The predicted molar refractivity (Wildman–Crippen MR) is 42.3 cm³/mol. The van der Waals surface area contributed by atoms with Gasteiger partial charge in [0.05, 0.1) is 0 Å². The molecule has 0 spiro atoms. The van der Waals surface area contributed by atoms with Crippen molar-refractivity contribution >= 4 is 0 Å². The van der Waals surface area contributed by atoms with Crippen LogP contribution in [-0.4, -0.2) is 6.54 Å². The topological polar surface area (TPSA) is 26.0 Å². The highest BCUT2D eigenvalue weighted by atomic mass is 14.5. The molecule has 2 N–H and O–H groups in total. The lowest BCUT2D eigenvalue weighted by Crippen LogP contribution is -1.94. The van der Waals surface area contributed by atoms with Crippen molar-refractivity contribution in [3.05, 3.63) is 11.6 Å². The zero-order valence-corrected chi connectivity index (χ0v) is 6.48. The van der Waals surface area contributed by atoms with Crippen LogP contribution in [0.3, 0.4) is 0 Å². The van der Waals surface area contributed by atoms with Crippen molar-refractivity contribution in [2.75, 3.05) is 6.54 Å². The van der Waals surface area contributed by atoms with E-state index in [1.54, 1.807) is 0 Å². The lowest BCUT2D eigenvalue weighted by molar-refractivity contribution is 0.785. The first-order chi connectivity index (χ1) is 4.31. The van der Waals surface area contributed by atoms with Crippen LogP contribution in [0.1, 0.15) is 33.1 Å². The van der Waals surface area contributed by atoms with Gasteiger partial charge in [0.1, 0.15) is 0 Å². The van der Waals surface area contributed by atoms with Gasteiger partial charge in [-0.25, -0.2) is 0 Å². The van der Waals surface area contributed by atoms with Gasteiger partial charge in [-0.2, -0.15) is 0 Å². The van der Waals surface area contributed by atoms with Gasteiger partial charge in [0.2, 0.25) is 0 Å². The number of nitrogens with two attached hydrogens (primary N) is 1. The third-order valence-electron chi connectivity index (χ3n) is 1.39. The zero-order chi connectivity index (χ0) is 7.11. The third kappa shape index (κ3) is 5.57. The molecule has 0 rings (SSSR count). The number of allylic oxidation sites excluding steroid dienone is 1. The Bertz CT molecular complexity index is 84.6. The molecule has 0 aromatic rings. The standard InChI is InChI=1S/C8H17N/c1-3-4-5-8(2)6-7-9/h6H,3-5,7,9H2,1-2H3. The first kappa shape index (κ1) is 8.70. The molecular weight excluding hydrogens is 110 g/mol. The summed E-state index contributed by atoms with van der Waals surface area (Å²) in [4.78, 5) is 0. The van der Waals surface area contributed by atoms with Crippen molar-refractivity contribution in [3.63, 3.8) is 0 Å². The van der Waals surface area contributed by atoms with Gasteiger partial charge in [-0.15, -0.1) is 0 Å². The summed E-state index contributed by atoms with van der Waals surface area (Å²) < 4.78 is 0.